The summed E-state index contributed by atoms with van der Waals surface area (Å²) in [6, 6.07) is 11.8. The number of amides is 1. The lowest BCUT2D eigenvalue weighted by Gasteiger charge is -2.11. The van der Waals surface area contributed by atoms with E-state index in [1.54, 1.807) is 49.4 Å². The van der Waals surface area contributed by atoms with Gasteiger partial charge in [0.05, 0.1) is 28.2 Å². The van der Waals surface area contributed by atoms with Crippen LogP contribution in [0.4, 0.5) is 5.69 Å². The predicted molar refractivity (Wildman–Crippen MR) is 113 cm³/mol. The summed E-state index contributed by atoms with van der Waals surface area (Å²) in [7, 11) is 0. The smallest absolute Gasteiger partial charge is 0.280 e. The second kappa shape index (κ2) is 7.69. The lowest BCUT2D eigenvalue weighted by atomic mass is 10.1. The van der Waals surface area contributed by atoms with Crippen molar-refractivity contribution in [2.75, 3.05) is 0 Å². The van der Waals surface area contributed by atoms with E-state index in [1.807, 2.05) is 0 Å². The topological polar surface area (TPSA) is 89.7 Å². The number of carbonyl (C=O) groups is 1. The number of thiocarbonyl (C=S) groups is 1. The van der Waals surface area contributed by atoms with Gasteiger partial charge >= 0.3 is 0 Å². The van der Waals surface area contributed by atoms with Crippen LogP contribution in [0.15, 0.2) is 62.5 Å². The molecule has 4 rings (SSSR count). The molecule has 9 heteroatoms. The van der Waals surface area contributed by atoms with Gasteiger partial charge in [0.25, 0.3) is 11.6 Å². The molecule has 1 saturated heterocycles. The van der Waals surface area contributed by atoms with Crippen molar-refractivity contribution in [2.45, 2.75) is 13.5 Å². The molecule has 0 unspecified atom stereocenters. The van der Waals surface area contributed by atoms with Gasteiger partial charge in [-0.1, -0.05) is 30.0 Å². The molecule has 0 spiro atoms. The first-order valence-electron chi connectivity index (χ1n) is 8.55. The van der Waals surface area contributed by atoms with E-state index in [2.05, 4.69) is 0 Å². The number of nitro benzene ring substituents is 1. The van der Waals surface area contributed by atoms with Crippen molar-refractivity contribution < 1.29 is 18.6 Å². The van der Waals surface area contributed by atoms with Gasteiger partial charge in [-0.3, -0.25) is 19.8 Å². The molecule has 0 saturated carbocycles. The van der Waals surface area contributed by atoms with Crippen molar-refractivity contribution in [1.82, 2.24) is 4.90 Å². The van der Waals surface area contributed by atoms with E-state index >= 15 is 0 Å². The van der Waals surface area contributed by atoms with Crippen LogP contribution in [0, 0.1) is 17.0 Å². The molecule has 1 aliphatic rings. The molecule has 146 valence electrons. The Morgan fingerprint density at radius 3 is 2.83 bits per heavy atom. The van der Waals surface area contributed by atoms with Crippen molar-refractivity contribution in [3.63, 3.8) is 0 Å². The number of hydrogen-bond acceptors (Lipinski definition) is 7. The Balaban J connectivity index is 1.59. The number of benzene rings is 1. The lowest BCUT2D eigenvalue weighted by molar-refractivity contribution is -0.384. The molecule has 0 atom stereocenters. The lowest BCUT2D eigenvalue weighted by Crippen LogP contribution is -2.27. The first-order chi connectivity index (χ1) is 13.9. The van der Waals surface area contributed by atoms with E-state index in [0.717, 1.165) is 5.56 Å². The third-order valence-corrected chi connectivity index (χ3v) is 5.66. The van der Waals surface area contributed by atoms with E-state index in [0.29, 0.717) is 32.1 Å². The summed E-state index contributed by atoms with van der Waals surface area (Å²) in [6.45, 7) is 2.04. The highest BCUT2D eigenvalue weighted by Crippen LogP contribution is 2.36. The quantitative estimate of drug-likeness (QED) is 0.241. The standard InChI is InChI=1S/C20H14N2O5S2/c1-12-4-6-15(16(9-12)22(24)25)17-7-5-13(27-17)10-18-19(23)21(20(28)29-18)11-14-3-2-8-26-14/h2-10H,11H2,1H3. The first kappa shape index (κ1) is 19.2. The summed E-state index contributed by atoms with van der Waals surface area (Å²) in [4.78, 5) is 25.5. The average molecular weight is 426 g/mol. The third kappa shape index (κ3) is 3.87. The van der Waals surface area contributed by atoms with E-state index in [-0.39, 0.29) is 18.1 Å². The summed E-state index contributed by atoms with van der Waals surface area (Å²) in [6.07, 6.45) is 3.13. The molecule has 0 bridgehead atoms. The first-order valence-corrected chi connectivity index (χ1v) is 9.78. The van der Waals surface area contributed by atoms with Gasteiger partial charge in [0.2, 0.25) is 0 Å². The summed E-state index contributed by atoms with van der Waals surface area (Å²) < 4.78 is 11.5. The van der Waals surface area contributed by atoms with Crippen LogP contribution in [-0.2, 0) is 11.3 Å². The van der Waals surface area contributed by atoms with Crippen LogP contribution in [0.25, 0.3) is 17.4 Å². The Morgan fingerprint density at radius 2 is 2.10 bits per heavy atom. The second-order valence-electron chi connectivity index (χ2n) is 6.33. The Labute approximate surface area is 175 Å². The maximum absolute atomic E-state index is 12.7. The Morgan fingerprint density at radius 1 is 1.28 bits per heavy atom. The summed E-state index contributed by atoms with van der Waals surface area (Å²) in [5.41, 5.74) is 1.13. The number of hydrogen-bond donors (Lipinski definition) is 0. The third-order valence-electron chi connectivity index (χ3n) is 4.28. The maximum Gasteiger partial charge on any atom is 0.280 e. The van der Waals surface area contributed by atoms with Crippen LogP contribution < -0.4 is 0 Å². The molecule has 1 aromatic carbocycles. The fourth-order valence-corrected chi connectivity index (χ4v) is 4.14. The Bertz CT molecular complexity index is 1150. The van der Waals surface area contributed by atoms with Gasteiger partial charge < -0.3 is 8.83 Å². The van der Waals surface area contributed by atoms with Crippen LogP contribution in [0.3, 0.4) is 0 Å². The average Bonchev–Trinajstić information content (AvgIpc) is 3.41. The van der Waals surface area contributed by atoms with Crippen LogP contribution >= 0.6 is 24.0 Å². The molecule has 1 aliphatic heterocycles. The highest BCUT2D eigenvalue weighted by atomic mass is 32.2. The van der Waals surface area contributed by atoms with E-state index < -0.39 is 4.92 Å². The molecular weight excluding hydrogens is 412 g/mol. The molecule has 29 heavy (non-hydrogen) atoms. The van der Waals surface area contributed by atoms with E-state index in [9.17, 15) is 14.9 Å². The fraction of sp³-hybridized carbons (Fsp3) is 0.100. The minimum Gasteiger partial charge on any atom is -0.467 e. The van der Waals surface area contributed by atoms with Gasteiger partial charge in [0.15, 0.2) is 0 Å². The zero-order valence-electron chi connectivity index (χ0n) is 15.2. The van der Waals surface area contributed by atoms with Gasteiger partial charge in [-0.05, 0) is 42.8 Å². The minimum absolute atomic E-state index is 0.0318. The minimum atomic E-state index is -0.440. The summed E-state index contributed by atoms with van der Waals surface area (Å²) in [5, 5.41) is 11.4. The number of carbonyl (C=O) groups excluding carboxylic acids is 1. The van der Waals surface area contributed by atoms with Crippen molar-refractivity contribution in [1.29, 1.82) is 0 Å². The van der Waals surface area contributed by atoms with Crippen LogP contribution in [-0.4, -0.2) is 20.1 Å². The molecule has 0 aliphatic carbocycles. The summed E-state index contributed by atoms with van der Waals surface area (Å²) in [5.74, 6) is 1.16. The molecule has 3 heterocycles. The number of thioether (sulfide) groups is 1. The normalized spacial score (nSPS) is 15.5. The van der Waals surface area contributed by atoms with Gasteiger partial charge in [-0.2, -0.15) is 0 Å². The predicted octanol–water partition coefficient (Wildman–Crippen LogP) is 5.16. The highest BCUT2D eigenvalue weighted by Gasteiger charge is 2.33. The van der Waals surface area contributed by atoms with Gasteiger partial charge in [-0.25, -0.2) is 0 Å². The van der Waals surface area contributed by atoms with Gasteiger partial charge in [0, 0.05) is 12.1 Å². The van der Waals surface area contributed by atoms with E-state index in [1.165, 1.54) is 29.0 Å². The van der Waals surface area contributed by atoms with Crippen molar-refractivity contribution >= 4 is 46.0 Å². The zero-order valence-corrected chi connectivity index (χ0v) is 16.8. The van der Waals surface area contributed by atoms with Gasteiger partial charge in [0.1, 0.15) is 21.6 Å². The van der Waals surface area contributed by atoms with E-state index in [4.69, 9.17) is 21.1 Å². The number of nitro groups is 1. The molecular formula is C20H14N2O5S2. The molecule has 0 radical (unpaired) electrons. The monoisotopic (exact) mass is 426 g/mol. The van der Waals surface area contributed by atoms with Crippen molar-refractivity contribution in [3.05, 3.63) is 80.8 Å². The van der Waals surface area contributed by atoms with Crippen LogP contribution in [0.2, 0.25) is 0 Å². The number of aryl methyl sites for hydroxylation is 1. The number of rotatable bonds is 5. The fourth-order valence-electron chi connectivity index (χ4n) is 2.90. The summed E-state index contributed by atoms with van der Waals surface area (Å²) >= 11 is 6.48. The SMILES string of the molecule is Cc1ccc(-c2ccc(C=C3SC(=S)N(Cc4ccco4)C3=O)o2)c([N+](=O)[O-])c1. The van der Waals surface area contributed by atoms with Crippen molar-refractivity contribution in [3.8, 4) is 11.3 Å². The van der Waals surface area contributed by atoms with Crippen molar-refractivity contribution in [2.24, 2.45) is 0 Å². The molecule has 2 aromatic heterocycles. The Hall–Kier alpha value is -3.17. The largest absolute Gasteiger partial charge is 0.467 e. The second-order valence-corrected chi connectivity index (χ2v) is 8.00. The molecule has 3 aromatic rings. The molecule has 7 nitrogen and oxygen atoms in total. The van der Waals surface area contributed by atoms with Gasteiger partial charge in [-0.15, -0.1) is 0 Å². The number of furan rings is 2. The van der Waals surface area contributed by atoms with Crippen LogP contribution in [0.1, 0.15) is 17.1 Å². The Kier molecular flexibility index (Phi) is 5.08. The zero-order chi connectivity index (χ0) is 20.5. The number of nitrogens with zero attached hydrogens (tertiary/aromatic N) is 2. The van der Waals surface area contributed by atoms with Crippen LogP contribution in [0.5, 0.6) is 0 Å². The maximum atomic E-state index is 12.7. The molecule has 1 fully saturated rings. The highest BCUT2D eigenvalue weighted by molar-refractivity contribution is 8.26. The molecule has 0 N–H and O–H groups in total. The molecule has 1 amide bonds.